The molecular weight excluding hydrogens is 252 g/mol. The number of hydrogen-bond acceptors (Lipinski definition) is 1. The summed E-state index contributed by atoms with van der Waals surface area (Å²) in [4.78, 5) is 5.03. The van der Waals surface area contributed by atoms with Crippen molar-refractivity contribution in [3.63, 3.8) is 0 Å². The Bertz CT molecular complexity index is 332. The van der Waals surface area contributed by atoms with Gasteiger partial charge in [-0.1, -0.05) is 35.2 Å². The molecule has 84 valence electrons. The van der Waals surface area contributed by atoms with Crippen molar-refractivity contribution >= 4 is 15.9 Å². The third kappa shape index (κ3) is 2.27. The molecule has 0 bridgehead atoms. The van der Waals surface area contributed by atoms with Crippen molar-refractivity contribution in [3.8, 4) is 0 Å². The number of aromatic nitrogens is 2. The number of halogens is 1. The molecule has 1 saturated carbocycles. The van der Waals surface area contributed by atoms with E-state index in [-0.39, 0.29) is 0 Å². The Hall–Kier alpha value is -0.310. The van der Waals surface area contributed by atoms with Crippen LogP contribution >= 0.6 is 15.9 Å². The number of rotatable bonds is 1. The van der Waals surface area contributed by atoms with Gasteiger partial charge in [-0.3, -0.25) is 0 Å². The first-order valence-electron chi connectivity index (χ1n) is 5.82. The van der Waals surface area contributed by atoms with Crippen LogP contribution < -0.4 is 0 Å². The van der Waals surface area contributed by atoms with E-state index in [1.165, 1.54) is 37.8 Å². The van der Waals surface area contributed by atoms with E-state index >= 15 is 0 Å². The minimum absolute atomic E-state index is 0.634. The second-order valence-electron chi connectivity index (χ2n) is 4.55. The Kier molecular flexibility index (Phi) is 3.49. The molecule has 1 heterocycles. The Morgan fingerprint density at radius 2 is 2.07 bits per heavy atom. The van der Waals surface area contributed by atoms with E-state index in [4.69, 9.17) is 0 Å². The molecule has 1 aromatic heterocycles. The van der Waals surface area contributed by atoms with Gasteiger partial charge in [0.15, 0.2) is 0 Å². The molecule has 1 aliphatic rings. The highest BCUT2D eigenvalue weighted by Crippen LogP contribution is 2.36. The zero-order valence-corrected chi connectivity index (χ0v) is 11.1. The third-order valence-electron chi connectivity index (χ3n) is 3.57. The Morgan fingerprint density at radius 1 is 1.33 bits per heavy atom. The van der Waals surface area contributed by atoms with E-state index in [9.17, 15) is 0 Å². The van der Waals surface area contributed by atoms with Crippen LogP contribution in [0.25, 0.3) is 0 Å². The summed E-state index contributed by atoms with van der Waals surface area (Å²) in [5, 5.41) is 0. The maximum atomic E-state index is 4.40. The van der Waals surface area contributed by atoms with Gasteiger partial charge in [0.25, 0.3) is 0 Å². The van der Waals surface area contributed by atoms with Gasteiger partial charge < -0.3 is 4.57 Å². The van der Waals surface area contributed by atoms with Crippen LogP contribution in [-0.2, 0) is 7.05 Å². The van der Waals surface area contributed by atoms with Gasteiger partial charge in [0, 0.05) is 29.7 Å². The van der Waals surface area contributed by atoms with E-state index in [0.29, 0.717) is 10.7 Å². The van der Waals surface area contributed by atoms with Crippen molar-refractivity contribution in [2.75, 3.05) is 0 Å². The van der Waals surface area contributed by atoms with Crippen LogP contribution in [0.2, 0.25) is 0 Å². The fourth-order valence-corrected chi connectivity index (χ4v) is 3.32. The molecule has 0 amide bonds. The highest BCUT2D eigenvalue weighted by atomic mass is 79.9. The van der Waals surface area contributed by atoms with Gasteiger partial charge in [0.05, 0.1) is 0 Å². The summed E-state index contributed by atoms with van der Waals surface area (Å²) in [6.07, 6.45) is 8.76. The Morgan fingerprint density at radius 3 is 2.73 bits per heavy atom. The molecule has 0 aliphatic heterocycles. The van der Waals surface area contributed by atoms with E-state index in [2.05, 4.69) is 45.6 Å². The minimum atomic E-state index is 0.634. The molecule has 1 aromatic rings. The first-order valence-corrected chi connectivity index (χ1v) is 6.74. The van der Waals surface area contributed by atoms with Crippen LogP contribution in [0.5, 0.6) is 0 Å². The molecule has 0 spiro atoms. The molecule has 15 heavy (non-hydrogen) atoms. The maximum Gasteiger partial charge on any atom is 0.105 e. The smallest absolute Gasteiger partial charge is 0.105 e. The average Bonchev–Trinajstić information content (AvgIpc) is 2.43. The van der Waals surface area contributed by atoms with E-state index in [1.54, 1.807) is 0 Å². The quantitative estimate of drug-likeness (QED) is 0.564. The van der Waals surface area contributed by atoms with Gasteiger partial charge in [0.1, 0.15) is 5.82 Å². The first-order chi connectivity index (χ1) is 7.20. The lowest BCUT2D eigenvalue weighted by molar-refractivity contribution is 0.572. The molecule has 2 atom stereocenters. The zero-order valence-electron chi connectivity index (χ0n) is 9.54. The van der Waals surface area contributed by atoms with E-state index < -0.39 is 0 Å². The van der Waals surface area contributed by atoms with Crippen LogP contribution in [0.15, 0.2) is 6.20 Å². The van der Waals surface area contributed by atoms with Crippen LogP contribution in [0, 0.1) is 6.92 Å². The van der Waals surface area contributed by atoms with Gasteiger partial charge in [-0.25, -0.2) is 4.98 Å². The van der Waals surface area contributed by atoms with Gasteiger partial charge in [-0.2, -0.15) is 0 Å². The zero-order chi connectivity index (χ0) is 10.8. The monoisotopic (exact) mass is 270 g/mol. The summed E-state index contributed by atoms with van der Waals surface area (Å²) in [6, 6.07) is 0. The number of aryl methyl sites for hydroxylation is 1. The van der Waals surface area contributed by atoms with Crippen molar-refractivity contribution in [2.24, 2.45) is 7.05 Å². The molecular formula is C12H19BrN2. The number of nitrogens with zero attached hydrogens (tertiary/aromatic N) is 2. The van der Waals surface area contributed by atoms with E-state index in [0.717, 1.165) is 5.82 Å². The number of hydrogen-bond donors (Lipinski definition) is 0. The second-order valence-corrected chi connectivity index (χ2v) is 5.73. The molecule has 1 fully saturated rings. The van der Waals surface area contributed by atoms with Crippen molar-refractivity contribution in [2.45, 2.75) is 49.8 Å². The van der Waals surface area contributed by atoms with Gasteiger partial charge >= 0.3 is 0 Å². The van der Waals surface area contributed by atoms with Crippen LogP contribution in [0.4, 0.5) is 0 Å². The summed E-state index contributed by atoms with van der Waals surface area (Å²) in [6.45, 7) is 2.07. The van der Waals surface area contributed by atoms with Crippen molar-refractivity contribution < 1.29 is 0 Å². The molecule has 2 rings (SSSR count). The predicted octanol–water partition coefficient (Wildman–Crippen LogP) is 3.54. The molecule has 1 aliphatic carbocycles. The lowest BCUT2D eigenvalue weighted by atomic mass is 9.97. The van der Waals surface area contributed by atoms with Crippen LogP contribution in [0.1, 0.15) is 49.5 Å². The molecule has 2 unspecified atom stereocenters. The fraction of sp³-hybridized carbons (Fsp3) is 0.750. The SMILES string of the molecule is Cc1ncc(C2CCCCCC2Br)n1C. The lowest BCUT2D eigenvalue weighted by Crippen LogP contribution is -2.14. The third-order valence-corrected chi connectivity index (χ3v) is 4.66. The van der Waals surface area contributed by atoms with Gasteiger partial charge in [-0.05, 0) is 19.8 Å². The number of imidazole rings is 1. The van der Waals surface area contributed by atoms with E-state index in [1.807, 2.05) is 0 Å². The topological polar surface area (TPSA) is 17.8 Å². The van der Waals surface area contributed by atoms with Crippen LogP contribution in [-0.4, -0.2) is 14.4 Å². The van der Waals surface area contributed by atoms with Crippen molar-refractivity contribution in [1.82, 2.24) is 9.55 Å². The van der Waals surface area contributed by atoms with Gasteiger partial charge in [0.2, 0.25) is 0 Å². The minimum Gasteiger partial charge on any atom is -0.335 e. The average molecular weight is 271 g/mol. The maximum absolute atomic E-state index is 4.40. The van der Waals surface area contributed by atoms with Crippen molar-refractivity contribution in [1.29, 1.82) is 0 Å². The predicted molar refractivity (Wildman–Crippen MR) is 66.5 cm³/mol. The Labute approximate surface area is 100 Å². The molecule has 2 nitrogen and oxygen atoms in total. The highest BCUT2D eigenvalue weighted by molar-refractivity contribution is 9.09. The molecule has 0 radical (unpaired) electrons. The van der Waals surface area contributed by atoms with Crippen molar-refractivity contribution in [3.05, 3.63) is 17.7 Å². The first kappa shape index (κ1) is 11.2. The number of alkyl halides is 1. The summed E-state index contributed by atoms with van der Waals surface area (Å²) < 4.78 is 2.24. The summed E-state index contributed by atoms with van der Waals surface area (Å²) in [7, 11) is 2.13. The molecule has 0 saturated heterocycles. The fourth-order valence-electron chi connectivity index (χ4n) is 2.46. The summed E-state index contributed by atoms with van der Waals surface area (Å²) >= 11 is 3.84. The second kappa shape index (κ2) is 4.69. The highest BCUT2D eigenvalue weighted by Gasteiger charge is 2.25. The Balaban J connectivity index is 2.24. The van der Waals surface area contributed by atoms with Gasteiger partial charge in [-0.15, -0.1) is 0 Å². The largest absolute Gasteiger partial charge is 0.335 e. The standard InChI is InChI=1S/C12H19BrN2/c1-9-14-8-12(15(9)2)10-6-4-3-5-7-11(10)13/h8,10-11H,3-7H2,1-2H3. The van der Waals surface area contributed by atoms with Crippen LogP contribution in [0.3, 0.4) is 0 Å². The molecule has 0 aromatic carbocycles. The molecule has 3 heteroatoms. The normalized spacial score (nSPS) is 27.7. The molecule has 0 N–H and O–H groups in total. The summed E-state index contributed by atoms with van der Waals surface area (Å²) in [5.74, 6) is 1.77. The lowest BCUT2D eigenvalue weighted by Gasteiger charge is -2.20. The summed E-state index contributed by atoms with van der Waals surface area (Å²) in [5.41, 5.74) is 1.40.